The predicted octanol–water partition coefficient (Wildman–Crippen LogP) is 12.5. The Hall–Kier alpha value is -5.50. The number of halogens is 4. The average Bonchev–Trinajstić information content (AvgIpc) is 3.64. The highest BCUT2D eigenvalue weighted by atomic mass is 35.5. The molecule has 0 radical (unpaired) electrons. The molecule has 2 heterocycles. The third kappa shape index (κ3) is 6.00. The van der Waals surface area contributed by atoms with E-state index in [9.17, 15) is 9.59 Å². The van der Waals surface area contributed by atoms with Crippen molar-refractivity contribution in [1.82, 2.24) is 0 Å². The number of carbonyl (C=O) groups is 2. The molecule has 6 aromatic carbocycles. The highest BCUT2D eigenvalue weighted by Crippen LogP contribution is 2.50. The molecule has 0 aromatic heterocycles. The fourth-order valence-corrected chi connectivity index (χ4v) is 7.32. The van der Waals surface area contributed by atoms with E-state index in [0.717, 1.165) is 22.7 Å². The Morgan fingerprint density at radius 3 is 0.962 bits per heavy atom. The van der Waals surface area contributed by atoms with Gasteiger partial charge in [0.15, 0.2) is 11.5 Å². The normalized spacial score (nSPS) is 13.6. The molecule has 6 aromatic rings. The van der Waals surface area contributed by atoms with Gasteiger partial charge in [-0.1, -0.05) is 119 Å². The molecule has 0 N–H and O–H groups in total. The fourth-order valence-electron chi connectivity index (χ4n) is 6.32. The van der Waals surface area contributed by atoms with E-state index < -0.39 is 11.9 Å². The molecule has 0 saturated heterocycles. The van der Waals surface area contributed by atoms with E-state index >= 15 is 0 Å². The molecule has 0 spiro atoms. The quantitative estimate of drug-likeness (QED) is 0.144. The lowest BCUT2D eigenvalue weighted by Gasteiger charge is -2.27. The third-order valence-electron chi connectivity index (χ3n) is 8.61. The summed E-state index contributed by atoms with van der Waals surface area (Å²) in [6.07, 6.45) is 0. The zero-order valence-corrected chi connectivity index (χ0v) is 29.9. The van der Waals surface area contributed by atoms with Gasteiger partial charge < -0.3 is 19.3 Å². The molecule has 254 valence electrons. The summed E-state index contributed by atoms with van der Waals surface area (Å²) < 4.78 is 11.4. The van der Waals surface area contributed by atoms with Crippen LogP contribution in [0.25, 0.3) is 11.1 Å². The second-order valence-electron chi connectivity index (χ2n) is 11.8. The van der Waals surface area contributed by atoms with Crippen LogP contribution in [0.5, 0.6) is 0 Å². The van der Waals surface area contributed by atoms with Crippen LogP contribution in [0.3, 0.4) is 0 Å². The number of hydrogen-bond donors (Lipinski definition) is 0. The number of rotatable bonds is 8. The Kier molecular flexibility index (Phi) is 8.99. The minimum Gasteiger partial charge on any atom is -0.418 e. The topological polar surface area (TPSA) is 59.1 Å². The third-order valence-corrected chi connectivity index (χ3v) is 9.84. The van der Waals surface area contributed by atoms with Gasteiger partial charge in [0.25, 0.3) is 0 Å². The zero-order valence-electron chi connectivity index (χ0n) is 26.9. The van der Waals surface area contributed by atoms with Crippen molar-refractivity contribution in [2.24, 2.45) is 0 Å². The number of para-hydroxylation sites is 4. The van der Waals surface area contributed by atoms with Crippen molar-refractivity contribution >= 4 is 104 Å². The molecule has 0 aliphatic carbocycles. The maximum absolute atomic E-state index is 13.5. The summed E-state index contributed by atoms with van der Waals surface area (Å²) in [5.41, 5.74) is 4.93. The van der Waals surface area contributed by atoms with Gasteiger partial charge in [0.05, 0.1) is 31.5 Å². The van der Waals surface area contributed by atoms with E-state index in [1.165, 1.54) is 0 Å². The predicted molar refractivity (Wildman–Crippen MR) is 208 cm³/mol. The number of benzene rings is 6. The van der Waals surface area contributed by atoms with E-state index in [1.54, 1.807) is 24.3 Å². The number of nitrogens with zero attached hydrogens (tertiary/aromatic N) is 2. The summed E-state index contributed by atoms with van der Waals surface area (Å²) in [7, 11) is 0. The van der Waals surface area contributed by atoms with Gasteiger partial charge in [0, 0.05) is 33.9 Å². The van der Waals surface area contributed by atoms with Crippen molar-refractivity contribution in [3.63, 3.8) is 0 Å². The number of hydrogen-bond acceptors (Lipinski definition) is 6. The van der Waals surface area contributed by atoms with Crippen LogP contribution in [0, 0.1) is 0 Å². The van der Waals surface area contributed by atoms with Crippen LogP contribution in [0.4, 0.5) is 34.1 Å². The lowest BCUT2D eigenvalue weighted by Crippen LogP contribution is -2.11. The summed E-state index contributed by atoms with van der Waals surface area (Å²) in [5.74, 6) is -1.68. The van der Waals surface area contributed by atoms with E-state index in [4.69, 9.17) is 55.9 Å². The molecule has 0 amide bonds. The summed E-state index contributed by atoms with van der Waals surface area (Å²) in [5, 5.41) is 0.964. The van der Waals surface area contributed by atoms with Crippen LogP contribution in [-0.4, -0.2) is 11.9 Å². The molecule has 0 saturated carbocycles. The summed E-state index contributed by atoms with van der Waals surface area (Å²) >= 11 is 27.7. The van der Waals surface area contributed by atoms with E-state index in [1.807, 2.05) is 131 Å². The summed E-state index contributed by atoms with van der Waals surface area (Å²) in [4.78, 5) is 31.0. The minimum atomic E-state index is -0.762. The first-order valence-corrected chi connectivity index (χ1v) is 17.5. The molecule has 0 bridgehead atoms. The van der Waals surface area contributed by atoms with Crippen molar-refractivity contribution in [3.8, 4) is 0 Å². The zero-order chi connectivity index (χ0) is 35.9. The summed E-state index contributed by atoms with van der Waals surface area (Å²) in [6.45, 7) is 0. The number of carbonyl (C=O) groups excluding carboxylic acids is 2. The number of esters is 2. The Morgan fingerprint density at radius 1 is 0.385 bits per heavy atom. The summed E-state index contributed by atoms with van der Waals surface area (Å²) in [6, 6.07) is 45.1. The van der Waals surface area contributed by atoms with Gasteiger partial charge in [0.1, 0.15) is 11.1 Å². The van der Waals surface area contributed by atoms with E-state index in [2.05, 4.69) is 0 Å². The fraction of sp³-hybridized carbons (Fsp3) is 0. The van der Waals surface area contributed by atoms with Gasteiger partial charge in [-0.3, -0.25) is 0 Å². The maximum atomic E-state index is 13.5. The van der Waals surface area contributed by atoms with Gasteiger partial charge in [-0.2, -0.15) is 0 Å². The molecule has 2 aliphatic heterocycles. The molecule has 6 nitrogen and oxygen atoms in total. The molecule has 10 heteroatoms. The lowest BCUT2D eigenvalue weighted by molar-refractivity contribution is -0.131. The lowest BCUT2D eigenvalue weighted by atomic mass is 10.0. The Balaban J connectivity index is 1.21. The molecule has 52 heavy (non-hydrogen) atoms. The van der Waals surface area contributed by atoms with Gasteiger partial charge in [-0.15, -0.1) is 0 Å². The average molecular weight is 762 g/mol. The van der Waals surface area contributed by atoms with Crippen LogP contribution >= 0.6 is 46.4 Å². The standard InChI is InChI=1S/C42H24Cl4N2O4/c43-31-23-35(47(25-13-5-1-6-14-25)26-15-7-2-8-16-26)33(45)21-29(31)37-39-40(52-41(37)49)38(42(50)51-39)30-22-34(46)36(24-32(30)44)48(27-17-9-3-10-18-27)28-19-11-4-12-20-28/h1-24H. The van der Waals surface area contributed by atoms with Crippen molar-refractivity contribution in [2.45, 2.75) is 0 Å². The first kappa shape index (κ1) is 33.6. The Bertz CT molecular complexity index is 2190. The highest BCUT2D eigenvalue weighted by molar-refractivity contribution is 6.41. The van der Waals surface area contributed by atoms with Gasteiger partial charge >= 0.3 is 11.9 Å². The van der Waals surface area contributed by atoms with Gasteiger partial charge in [-0.05, 0) is 72.8 Å². The molecular formula is C42H24Cl4N2O4. The van der Waals surface area contributed by atoms with Crippen LogP contribution < -0.4 is 9.80 Å². The molecule has 0 fully saturated rings. The van der Waals surface area contributed by atoms with Crippen LogP contribution in [-0.2, 0) is 19.1 Å². The molecule has 0 atom stereocenters. The largest absolute Gasteiger partial charge is 0.418 e. The second-order valence-corrected chi connectivity index (χ2v) is 13.4. The van der Waals surface area contributed by atoms with Crippen molar-refractivity contribution in [2.75, 3.05) is 9.80 Å². The van der Waals surface area contributed by atoms with E-state index in [-0.39, 0.29) is 43.8 Å². The van der Waals surface area contributed by atoms with Gasteiger partial charge in [0.2, 0.25) is 0 Å². The number of fused-ring (bicyclic) bond motifs is 1. The molecule has 2 aliphatic rings. The van der Waals surface area contributed by atoms with Crippen molar-refractivity contribution in [3.05, 3.63) is 188 Å². The molecule has 0 unspecified atom stereocenters. The second kappa shape index (κ2) is 13.9. The number of ether oxygens (including phenoxy) is 2. The molecule has 8 rings (SSSR count). The molecular weight excluding hydrogens is 738 g/mol. The van der Waals surface area contributed by atoms with Crippen LogP contribution in [0.15, 0.2) is 157 Å². The van der Waals surface area contributed by atoms with Gasteiger partial charge in [-0.25, -0.2) is 9.59 Å². The Morgan fingerprint density at radius 2 is 0.673 bits per heavy atom. The van der Waals surface area contributed by atoms with Crippen molar-refractivity contribution in [1.29, 1.82) is 0 Å². The maximum Gasteiger partial charge on any atom is 0.348 e. The van der Waals surface area contributed by atoms with Crippen LogP contribution in [0.2, 0.25) is 20.1 Å². The van der Waals surface area contributed by atoms with Crippen molar-refractivity contribution < 1.29 is 19.1 Å². The van der Waals surface area contributed by atoms with Crippen LogP contribution in [0.1, 0.15) is 11.1 Å². The first-order chi connectivity index (χ1) is 25.3. The first-order valence-electron chi connectivity index (χ1n) is 16.0. The minimum absolute atomic E-state index is 0.0408. The monoisotopic (exact) mass is 760 g/mol. The smallest absolute Gasteiger partial charge is 0.348 e. The SMILES string of the molecule is O=C1OC2=C(c3cc(Cl)c(N(c4ccccc4)c4ccccc4)cc3Cl)C(=O)OC2=C1c1cc(Cl)c(N(c2ccccc2)c2ccccc2)cc1Cl. The number of anilines is 6. The highest BCUT2D eigenvalue weighted by Gasteiger charge is 2.45. The Labute approximate surface area is 319 Å². The van der Waals surface area contributed by atoms with E-state index in [0.29, 0.717) is 21.4 Å².